The Morgan fingerprint density at radius 2 is 2.28 bits per heavy atom. The Labute approximate surface area is 104 Å². The van der Waals surface area contributed by atoms with Gasteiger partial charge in [0.1, 0.15) is 5.75 Å². The number of rotatable bonds is 4. The van der Waals surface area contributed by atoms with Crippen molar-refractivity contribution in [3.63, 3.8) is 0 Å². The van der Waals surface area contributed by atoms with Gasteiger partial charge in [0, 0.05) is 25.1 Å². The van der Waals surface area contributed by atoms with Gasteiger partial charge >= 0.3 is 0 Å². The van der Waals surface area contributed by atoms with Gasteiger partial charge in [-0.2, -0.15) is 4.79 Å². The second-order valence-electron chi connectivity index (χ2n) is 4.08. The first-order chi connectivity index (χ1) is 8.61. The molecule has 1 N–H and O–H groups in total. The maximum absolute atomic E-state index is 13.6. The number of fused-ring (bicyclic) bond motifs is 1. The molecule has 1 aromatic carbocycles. The lowest BCUT2D eigenvalue weighted by Crippen LogP contribution is -2.22. The standard InChI is InChI=1S/C13H15FN2O2/c1-9(17)15-6-5-10-8-16(14)13-4-3-11(18-2)7-12(10)13/h3-4,7-8H,5-6H2,1-2H3,(H,15,17). The minimum Gasteiger partial charge on any atom is -0.497 e. The van der Waals surface area contributed by atoms with Crippen molar-refractivity contribution < 1.29 is 14.0 Å². The minimum atomic E-state index is -0.0865. The van der Waals surface area contributed by atoms with Crippen molar-refractivity contribution in [3.05, 3.63) is 30.0 Å². The van der Waals surface area contributed by atoms with E-state index >= 15 is 0 Å². The van der Waals surface area contributed by atoms with Crippen LogP contribution >= 0.6 is 0 Å². The molecule has 0 unspecified atom stereocenters. The van der Waals surface area contributed by atoms with Crippen molar-refractivity contribution in [1.29, 1.82) is 0 Å². The third-order valence-corrected chi connectivity index (χ3v) is 2.82. The number of hydrogen-bond acceptors (Lipinski definition) is 2. The number of aromatic nitrogens is 1. The predicted octanol–water partition coefficient (Wildman–Crippen LogP) is 2.06. The number of carbonyl (C=O) groups is 1. The molecular weight excluding hydrogens is 235 g/mol. The van der Waals surface area contributed by atoms with Crippen LogP contribution in [0.2, 0.25) is 0 Å². The molecule has 5 heteroatoms. The van der Waals surface area contributed by atoms with Crippen molar-refractivity contribution in [2.24, 2.45) is 0 Å². The molecule has 0 aliphatic carbocycles. The lowest BCUT2D eigenvalue weighted by atomic mass is 10.1. The van der Waals surface area contributed by atoms with Gasteiger partial charge in [0.05, 0.1) is 12.6 Å². The molecule has 2 rings (SSSR count). The molecule has 0 saturated heterocycles. The average Bonchev–Trinajstić information content (AvgIpc) is 2.65. The quantitative estimate of drug-likeness (QED) is 0.902. The Balaban J connectivity index is 2.28. The van der Waals surface area contributed by atoms with E-state index in [-0.39, 0.29) is 5.91 Å². The van der Waals surface area contributed by atoms with Crippen LogP contribution in [0.5, 0.6) is 5.75 Å². The van der Waals surface area contributed by atoms with Gasteiger partial charge in [-0.05, 0) is 30.2 Å². The first-order valence-electron chi connectivity index (χ1n) is 5.70. The number of nitrogens with zero attached hydrogens (tertiary/aromatic N) is 1. The highest BCUT2D eigenvalue weighted by atomic mass is 19.2. The Hall–Kier alpha value is -2.04. The molecule has 0 aliphatic heterocycles. The third-order valence-electron chi connectivity index (χ3n) is 2.82. The third kappa shape index (κ3) is 2.45. The fourth-order valence-corrected chi connectivity index (χ4v) is 1.93. The van der Waals surface area contributed by atoms with Crippen LogP contribution in [0, 0.1) is 0 Å². The summed E-state index contributed by atoms with van der Waals surface area (Å²) in [7, 11) is 1.57. The van der Waals surface area contributed by atoms with Crippen LogP contribution in [0.3, 0.4) is 0 Å². The summed E-state index contributed by atoms with van der Waals surface area (Å²) < 4.78 is 18.7. The number of nitrogens with one attached hydrogen (secondary N) is 1. The van der Waals surface area contributed by atoms with Crippen molar-refractivity contribution in [3.8, 4) is 5.75 Å². The molecule has 1 amide bonds. The molecule has 96 valence electrons. The number of amides is 1. The Bertz CT molecular complexity index is 578. The molecule has 0 radical (unpaired) electrons. The highest BCUT2D eigenvalue weighted by Crippen LogP contribution is 2.26. The Morgan fingerprint density at radius 3 is 2.94 bits per heavy atom. The molecule has 4 nitrogen and oxygen atoms in total. The predicted molar refractivity (Wildman–Crippen MR) is 67.4 cm³/mol. The van der Waals surface area contributed by atoms with Crippen LogP contribution in [0.25, 0.3) is 10.9 Å². The monoisotopic (exact) mass is 250 g/mol. The molecule has 0 fully saturated rings. The van der Waals surface area contributed by atoms with E-state index in [1.165, 1.54) is 13.1 Å². The summed E-state index contributed by atoms with van der Waals surface area (Å²) in [5, 5.41) is 3.50. The van der Waals surface area contributed by atoms with Gasteiger partial charge in [0.2, 0.25) is 5.91 Å². The summed E-state index contributed by atoms with van der Waals surface area (Å²) in [6.45, 7) is 1.95. The van der Waals surface area contributed by atoms with Gasteiger partial charge in [-0.25, -0.2) is 0 Å². The van der Waals surface area contributed by atoms with Crippen molar-refractivity contribution in [2.75, 3.05) is 13.7 Å². The van der Waals surface area contributed by atoms with Crippen molar-refractivity contribution in [1.82, 2.24) is 10.1 Å². The maximum Gasteiger partial charge on any atom is 0.216 e. The summed E-state index contributed by atoms with van der Waals surface area (Å²) in [4.78, 5) is 11.4. The van der Waals surface area contributed by atoms with Crippen molar-refractivity contribution >= 4 is 16.8 Å². The van der Waals surface area contributed by atoms with Gasteiger partial charge in [-0.3, -0.25) is 4.79 Å². The SMILES string of the molecule is COc1ccc2c(c1)c(CCNC(C)=O)cn2F. The fourth-order valence-electron chi connectivity index (χ4n) is 1.93. The zero-order valence-corrected chi connectivity index (χ0v) is 10.4. The van der Waals surface area contributed by atoms with Crippen LogP contribution < -0.4 is 10.1 Å². The van der Waals surface area contributed by atoms with E-state index < -0.39 is 0 Å². The van der Waals surface area contributed by atoms with E-state index in [1.807, 2.05) is 0 Å². The molecule has 2 aromatic rings. The van der Waals surface area contributed by atoms with Crippen LogP contribution in [-0.4, -0.2) is 24.4 Å². The number of carbonyl (C=O) groups excluding carboxylic acids is 1. The van der Waals surface area contributed by atoms with Crippen LogP contribution in [0.1, 0.15) is 12.5 Å². The molecule has 0 spiro atoms. The van der Waals surface area contributed by atoms with E-state index in [0.29, 0.717) is 29.0 Å². The summed E-state index contributed by atoms with van der Waals surface area (Å²) in [6.07, 6.45) is 2.02. The molecular formula is C13H15FN2O2. The number of methoxy groups -OCH3 is 1. The second kappa shape index (κ2) is 5.08. The van der Waals surface area contributed by atoms with Gasteiger partial charge in [0.25, 0.3) is 0 Å². The number of benzene rings is 1. The van der Waals surface area contributed by atoms with E-state index in [4.69, 9.17) is 4.74 Å². The van der Waals surface area contributed by atoms with Gasteiger partial charge in [0.15, 0.2) is 0 Å². The molecule has 0 atom stereocenters. The average molecular weight is 250 g/mol. The Morgan fingerprint density at radius 1 is 1.50 bits per heavy atom. The summed E-state index contributed by atoms with van der Waals surface area (Å²) in [6, 6.07) is 5.20. The summed E-state index contributed by atoms with van der Waals surface area (Å²) in [5.74, 6) is 0.603. The first kappa shape index (κ1) is 12.4. The van der Waals surface area contributed by atoms with E-state index in [0.717, 1.165) is 10.9 Å². The number of halogens is 1. The number of ether oxygens (including phenoxy) is 1. The topological polar surface area (TPSA) is 43.3 Å². The highest BCUT2D eigenvalue weighted by Gasteiger charge is 2.09. The minimum absolute atomic E-state index is 0.0865. The molecule has 0 aliphatic rings. The second-order valence-corrected chi connectivity index (χ2v) is 4.08. The summed E-state index contributed by atoms with van der Waals surface area (Å²) >= 11 is 0. The normalized spacial score (nSPS) is 10.6. The smallest absolute Gasteiger partial charge is 0.216 e. The lowest BCUT2D eigenvalue weighted by molar-refractivity contribution is -0.118. The van der Waals surface area contributed by atoms with E-state index in [9.17, 15) is 9.28 Å². The van der Waals surface area contributed by atoms with Gasteiger partial charge < -0.3 is 10.1 Å². The molecule has 18 heavy (non-hydrogen) atoms. The highest BCUT2D eigenvalue weighted by molar-refractivity contribution is 5.85. The molecule has 0 saturated carbocycles. The van der Waals surface area contributed by atoms with E-state index in [1.54, 1.807) is 25.3 Å². The van der Waals surface area contributed by atoms with Crippen LogP contribution in [0.15, 0.2) is 24.4 Å². The van der Waals surface area contributed by atoms with E-state index in [2.05, 4.69) is 5.32 Å². The Kier molecular flexibility index (Phi) is 3.50. The lowest BCUT2D eigenvalue weighted by Gasteiger charge is -2.02. The van der Waals surface area contributed by atoms with Gasteiger partial charge in [-0.15, -0.1) is 0 Å². The molecule has 0 bridgehead atoms. The van der Waals surface area contributed by atoms with Crippen LogP contribution in [-0.2, 0) is 11.2 Å². The zero-order chi connectivity index (χ0) is 13.1. The maximum atomic E-state index is 13.6. The number of hydrogen-bond donors (Lipinski definition) is 1. The molecule has 1 heterocycles. The zero-order valence-electron chi connectivity index (χ0n) is 10.4. The molecule has 1 aromatic heterocycles. The first-order valence-corrected chi connectivity index (χ1v) is 5.70. The van der Waals surface area contributed by atoms with Crippen molar-refractivity contribution in [2.45, 2.75) is 13.3 Å². The summed E-state index contributed by atoms with van der Waals surface area (Å²) in [5.41, 5.74) is 1.36. The van der Waals surface area contributed by atoms with Crippen LogP contribution in [0.4, 0.5) is 4.48 Å². The largest absolute Gasteiger partial charge is 0.497 e. The van der Waals surface area contributed by atoms with Gasteiger partial charge in [-0.1, -0.05) is 4.48 Å². The fraction of sp³-hybridized carbons (Fsp3) is 0.308.